The van der Waals surface area contributed by atoms with Crippen LogP contribution in [0.4, 0.5) is 0 Å². The summed E-state index contributed by atoms with van der Waals surface area (Å²) in [6.45, 7) is 3.21. The third-order valence-corrected chi connectivity index (χ3v) is 3.35. The van der Waals surface area contributed by atoms with Gasteiger partial charge in [0.2, 0.25) is 0 Å². The lowest BCUT2D eigenvalue weighted by molar-refractivity contribution is -0.139. The van der Waals surface area contributed by atoms with Gasteiger partial charge in [0.15, 0.2) is 0 Å². The molecule has 0 saturated heterocycles. The molecular formula is C14H19NO2. The van der Waals surface area contributed by atoms with Crippen molar-refractivity contribution in [3.05, 3.63) is 34.9 Å². The van der Waals surface area contributed by atoms with E-state index in [0.717, 1.165) is 24.9 Å². The molecule has 0 spiro atoms. The van der Waals surface area contributed by atoms with Gasteiger partial charge < -0.3 is 10.1 Å². The molecule has 0 amide bonds. The van der Waals surface area contributed by atoms with Crippen LogP contribution in [-0.4, -0.2) is 19.6 Å². The Morgan fingerprint density at radius 1 is 1.53 bits per heavy atom. The summed E-state index contributed by atoms with van der Waals surface area (Å²) < 4.78 is 4.69. The summed E-state index contributed by atoms with van der Waals surface area (Å²) in [5.41, 5.74) is 3.80. The summed E-state index contributed by atoms with van der Waals surface area (Å²) in [4.78, 5) is 11.2. The van der Waals surface area contributed by atoms with Crippen LogP contribution in [0.15, 0.2) is 18.2 Å². The SMILES string of the molecule is CCC1NCCc2cc(CC(=O)OC)ccc21. The lowest BCUT2D eigenvalue weighted by atomic mass is 9.91. The first-order valence-electron chi connectivity index (χ1n) is 6.16. The second-order valence-electron chi connectivity index (χ2n) is 4.45. The fourth-order valence-corrected chi connectivity index (χ4v) is 2.42. The maximum Gasteiger partial charge on any atom is 0.309 e. The molecule has 0 aliphatic carbocycles. The van der Waals surface area contributed by atoms with Crippen LogP contribution in [0.25, 0.3) is 0 Å². The standard InChI is InChI=1S/C14H19NO2/c1-3-13-12-5-4-10(9-14(16)17-2)8-11(12)6-7-15-13/h4-5,8,13,15H,3,6-7,9H2,1-2H3. The Morgan fingerprint density at radius 2 is 2.35 bits per heavy atom. The van der Waals surface area contributed by atoms with Crippen molar-refractivity contribution in [2.75, 3.05) is 13.7 Å². The van der Waals surface area contributed by atoms with Gasteiger partial charge in [0.05, 0.1) is 13.5 Å². The number of fused-ring (bicyclic) bond motifs is 1. The minimum absolute atomic E-state index is 0.175. The molecule has 1 aromatic rings. The first-order valence-corrected chi connectivity index (χ1v) is 6.16. The van der Waals surface area contributed by atoms with Crippen molar-refractivity contribution in [1.29, 1.82) is 0 Å². The zero-order valence-corrected chi connectivity index (χ0v) is 10.5. The molecule has 2 rings (SSSR count). The maximum atomic E-state index is 11.2. The highest BCUT2D eigenvalue weighted by molar-refractivity contribution is 5.72. The highest BCUT2D eigenvalue weighted by atomic mass is 16.5. The predicted molar refractivity (Wildman–Crippen MR) is 66.9 cm³/mol. The van der Waals surface area contributed by atoms with E-state index in [-0.39, 0.29) is 5.97 Å². The van der Waals surface area contributed by atoms with Crippen molar-refractivity contribution < 1.29 is 9.53 Å². The molecule has 0 bridgehead atoms. The number of carbonyl (C=O) groups is 1. The van der Waals surface area contributed by atoms with Crippen molar-refractivity contribution in [3.8, 4) is 0 Å². The average Bonchev–Trinajstić information content (AvgIpc) is 2.37. The minimum atomic E-state index is -0.175. The summed E-state index contributed by atoms with van der Waals surface area (Å²) in [6, 6.07) is 6.79. The largest absolute Gasteiger partial charge is 0.469 e. The lowest BCUT2D eigenvalue weighted by Gasteiger charge is -2.26. The van der Waals surface area contributed by atoms with Crippen LogP contribution in [0.5, 0.6) is 0 Å². The van der Waals surface area contributed by atoms with Crippen LogP contribution in [0, 0.1) is 0 Å². The van der Waals surface area contributed by atoms with Crippen molar-refractivity contribution in [2.45, 2.75) is 32.2 Å². The Bertz CT molecular complexity index is 415. The van der Waals surface area contributed by atoms with Crippen LogP contribution >= 0.6 is 0 Å². The molecule has 0 aromatic heterocycles. The summed E-state index contributed by atoms with van der Waals surface area (Å²) >= 11 is 0. The van der Waals surface area contributed by atoms with E-state index in [0.29, 0.717) is 12.5 Å². The van der Waals surface area contributed by atoms with E-state index in [1.807, 2.05) is 6.07 Å². The second-order valence-corrected chi connectivity index (χ2v) is 4.45. The molecule has 1 N–H and O–H groups in total. The van der Waals surface area contributed by atoms with E-state index in [4.69, 9.17) is 0 Å². The molecule has 1 heterocycles. The Kier molecular flexibility index (Phi) is 3.79. The van der Waals surface area contributed by atoms with Crippen LogP contribution in [0.2, 0.25) is 0 Å². The fourth-order valence-electron chi connectivity index (χ4n) is 2.42. The number of nitrogens with one attached hydrogen (secondary N) is 1. The second kappa shape index (κ2) is 5.32. The van der Waals surface area contributed by atoms with E-state index < -0.39 is 0 Å². The topological polar surface area (TPSA) is 38.3 Å². The summed E-state index contributed by atoms with van der Waals surface area (Å²) in [7, 11) is 1.43. The number of hydrogen-bond donors (Lipinski definition) is 1. The summed E-state index contributed by atoms with van der Waals surface area (Å²) in [6.07, 6.45) is 2.51. The van der Waals surface area contributed by atoms with Crippen LogP contribution in [0.1, 0.15) is 36.1 Å². The van der Waals surface area contributed by atoms with E-state index >= 15 is 0 Å². The first-order chi connectivity index (χ1) is 8.24. The molecule has 1 atom stereocenters. The van der Waals surface area contributed by atoms with Gasteiger partial charge in [-0.1, -0.05) is 25.1 Å². The highest BCUT2D eigenvalue weighted by Crippen LogP contribution is 2.26. The molecule has 0 saturated carbocycles. The van der Waals surface area contributed by atoms with E-state index in [9.17, 15) is 4.79 Å². The maximum absolute atomic E-state index is 11.2. The van der Waals surface area contributed by atoms with Crippen molar-refractivity contribution in [2.24, 2.45) is 0 Å². The monoisotopic (exact) mass is 233 g/mol. The number of methoxy groups -OCH3 is 1. The van der Waals surface area contributed by atoms with Gasteiger partial charge >= 0.3 is 5.97 Å². The van der Waals surface area contributed by atoms with Crippen LogP contribution < -0.4 is 5.32 Å². The zero-order chi connectivity index (χ0) is 12.3. The number of benzene rings is 1. The average molecular weight is 233 g/mol. The normalized spacial score (nSPS) is 18.6. The molecule has 17 heavy (non-hydrogen) atoms. The van der Waals surface area contributed by atoms with Crippen LogP contribution in [-0.2, 0) is 22.4 Å². The van der Waals surface area contributed by atoms with Gasteiger partial charge in [-0.15, -0.1) is 0 Å². The summed E-state index contributed by atoms with van der Waals surface area (Å²) in [5.74, 6) is -0.175. The zero-order valence-electron chi connectivity index (χ0n) is 10.5. The molecule has 0 radical (unpaired) electrons. The van der Waals surface area contributed by atoms with Gasteiger partial charge in [-0.05, 0) is 36.1 Å². The van der Waals surface area contributed by atoms with Gasteiger partial charge in [0, 0.05) is 6.04 Å². The van der Waals surface area contributed by atoms with Crippen molar-refractivity contribution in [1.82, 2.24) is 5.32 Å². The van der Waals surface area contributed by atoms with E-state index in [2.05, 4.69) is 29.1 Å². The number of carbonyl (C=O) groups excluding carboxylic acids is 1. The molecule has 1 aliphatic heterocycles. The van der Waals surface area contributed by atoms with Gasteiger partial charge in [-0.3, -0.25) is 4.79 Å². The molecule has 0 fully saturated rings. The Hall–Kier alpha value is -1.35. The van der Waals surface area contributed by atoms with Gasteiger partial charge in [0.25, 0.3) is 0 Å². The Balaban J connectivity index is 2.21. The highest BCUT2D eigenvalue weighted by Gasteiger charge is 2.18. The lowest BCUT2D eigenvalue weighted by Crippen LogP contribution is -2.29. The third kappa shape index (κ3) is 2.67. The molecule has 1 unspecified atom stereocenters. The summed E-state index contributed by atoms with van der Waals surface area (Å²) in [5, 5.41) is 3.50. The third-order valence-electron chi connectivity index (χ3n) is 3.35. The molecule has 3 heteroatoms. The number of ether oxygens (including phenoxy) is 1. The number of esters is 1. The smallest absolute Gasteiger partial charge is 0.309 e. The van der Waals surface area contributed by atoms with Gasteiger partial charge in [-0.25, -0.2) is 0 Å². The van der Waals surface area contributed by atoms with E-state index in [1.165, 1.54) is 18.2 Å². The van der Waals surface area contributed by atoms with Gasteiger partial charge in [-0.2, -0.15) is 0 Å². The Labute approximate surface area is 102 Å². The minimum Gasteiger partial charge on any atom is -0.469 e. The number of hydrogen-bond acceptors (Lipinski definition) is 3. The van der Waals surface area contributed by atoms with E-state index in [1.54, 1.807) is 0 Å². The predicted octanol–water partition coefficient (Wildman–Crippen LogP) is 2.00. The van der Waals surface area contributed by atoms with Gasteiger partial charge in [0.1, 0.15) is 0 Å². The molecular weight excluding hydrogens is 214 g/mol. The van der Waals surface area contributed by atoms with Crippen LogP contribution in [0.3, 0.4) is 0 Å². The molecule has 1 aromatic carbocycles. The number of rotatable bonds is 3. The molecule has 92 valence electrons. The first kappa shape index (κ1) is 12.1. The van der Waals surface area contributed by atoms with Crippen molar-refractivity contribution in [3.63, 3.8) is 0 Å². The quantitative estimate of drug-likeness (QED) is 0.811. The fraction of sp³-hybridized carbons (Fsp3) is 0.500. The Morgan fingerprint density at radius 3 is 3.06 bits per heavy atom. The molecule has 1 aliphatic rings. The molecule has 3 nitrogen and oxygen atoms in total. The van der Waals surface area contributed by atoms with Crippen molar-refractivity contribution >= 4 is 5.97 Å².